The highest BCUT2D eigenvalue weighted by atomic mass is 16.3. The van der Waals surface area contributed by atoms with Gasteiger partial charge in [-0.15, -0.1) is 0 Å². The van der Waals surface area contributed by atoms with E-state index in [9.17, 15) is 14.7 Å². The van der Waals surface area contributed by atoms with E-state index >= 15 is 0 Å². The number of ketones is 2. The predicted octanol–water partition coefficient (Wildman–Crippen LogP) is -0.104. The second-order valence-corrected chi connectivity index (χ2v) is 2.94. The van der Waals surface area contributed by atoms with E-state index in [1.165, 1.54) is 32.1 Å². The monoisotopic (exact) mass is 181 g/mol. The lowest BCUT2D eigenvalue weighted by molar-refractivity contribution is -0.133. The Bertz CT molecular complexity index is 317. The first-order valence-electron chi connectivity index (χ1n) is 3.88. The van der Waals surface area contributed by atoms with Crippen LogP contribution in [0.25, 0.3) is 0 Å². The topological polar surface area (TPSA) is 66.4 Å². The summed E-state index contributed by atoms with van der Waals surface area (Å²) >= 11 is 0. The fourth-order valence-electron chi connectivity index (χ4n) is 0.983. The van der Waals surface area contributed by atoms with E-state index in [1.54, 1.807) is 0 Å². The van der Waals surface area contributed by atoms with Gasteiger partial charge in [0, 0.05) is 6.92 Å². The van der Waals surface area contributed by atoms with Crippen molar-refractivity contribution in [2.24, 2.45) is 0 Å². The van der Waals surface area contributed by atoms with Crippen LogP contribution in [0, 0.1) is 0 Å². The summed E-state index contributed by atoms with van der Waals surface area (Å²) < 4.78 is 0. The number of Topliss-reactive ketones (excluding diaryl/α,β-unsaturated/α-hetero) is 2. The molecular formula is C9H11NO3. The number of hydrogen-bond donors (Lipinski definition) is 2. The molecule has 0 fully saturated rings. The minimum Gasteiger partial charge on any atom is -0.361 e. The van der Waals surface area contributed by atoms with Crippen molar-refractivity contribution < 1.29 is 14.7 Å². The van der Waals surface area contributed by atoms with Gasteiger partial charge in [0.25, 0.3) is 0 Å². The minimum atomic E-state index is -1.73. The fourth-order valence-corrected chi connectivity index (χ4v) is 0.983. The van der Waals surface area contributed by atoms with Crippen molar-refractivity contribution in [1.82, 2.24) is 5.32 Å². The van der Waals surface area contributed by atoms with E-state index in [4.69, 9.17) is 0 Å². The van der Waals surface area contributed by atoms with E-state index in [0.29, 0.717) is 0 Å². The van der Waals surface area contributed by atoms with Crippen molar-refractivity contribution in [3.63, 3.8) is 0 Å². The molecule has 0 amide bonds. The Morgan fingerprint density at radius 3 is 2.54 bits per heavy atom. The van der Waals surface area contributed by atoms with E-state index in [1.807, 2.05) is 0 Å². The van der Waals surface area contributed by atoms with Crippen molar-refractivity contribution in [3.05, 3.63) is 23.9 Å². The summed E-state index contributed by atoms with van der Waals surface area (Å²) in [5.74, 6) is -0.667. The summed E-state index contributed by atoms with van der Waals surface area (Å²) in [4.78, 5) is 21.9. The maximum absolute atomic E-state index is 11.0. The lowest BCUT2D eigenvalue weighted by atomic mass is 10.0. The van der Waals surface area contributed by atoms with Crippen LogP contribution >= 0.6 is 0 Å². The Labute approximate surface area is 75.9 Å². The van der Waals surface area contributed by atoms with Crippen molar-refractivity contribution in [2.75, 3.05) is 0 Å². The van der Waals surface area contributed by atoms with Crippen molar-refractivity contribution >= 4 is 11.6 Å². The van der Waals surface area contributed by atoms with Crippen LogP contribution in [0.15, 0.2) is 23.9 Å². The van der Waals surface area contributed by atoms with E-state index in [-0.39, 0.29) is 11.5 Å². The molecule has 0 aromatic rings. The summed E-state index contributed by atoms with van der Waals surface area (Å²) in [5.41, 5.74) is -1.49. The standard InChI is InChI=1S/C9H11NO3/c1-6(11)8-4-3-5-9(13,10-8)7(2)12/h3-5,10,13H,1-2H3. The van der Waals surface area contributed by atoms with Gasteiger partial charge in [-0.3, -0.25) is 9.59 Å². The van der Waals surface area contributed by atoms with Crippen molar-refractivity contribution in [1.29, 1.82) is 0 Å². The van der Waals surface area contributed by atoms with Crippen LogP contribution in [-0.4, -0.2) is 22.4 Å². The number of aliphatic hydroxyl groups is 1. The average Bonchev–Trinajstić information content (AvgIpc) is 2.04. The minimum absolute atomic E-state index is 0.218. The SMILES string of the molecule is CC(=O)C1=CC=CC(O)(C(C)=O)N1. The molecule has 4 heteroatoms. The van der Waals surface area contributed by atoms with Crippen LogP contribution in [0.3, 0.4) is 0 Å². The average molecular weight is 181 g/mol. The molecule has 0 aromatic heterocycles. The predicted molar refractivity (Wildman–Crippen MR) is 46.7 cm³/mol. The molecule has 1 aliphatic rings. The zero-order chi connectivity index (χ0) is 10.1. The molecule has 1 rings (SSSR count). The molecule has 1 heterocycles. The van der Waals surface area contributed by atoms with Gasteiger partial charge in [-0.2, -0.15) is 0 Å². The zero-order valence-corrected chi connectivity index (χ0v) is 7.50. The van der Waals surface area contributed by atoms with E-state index in [0.717, 1.165) is 0 Å². The summed E-state index contributed by atoms with van der Waals surface area (Å²) in [6.45, 7) is 2.61. The van der Waals surface area contributed by atoms with Gasteiger partial charge >= 0.3 is 0 Å². The van der Waals surface area contributed by atoms with Crippen LogP contribution < -0.4 is 5.32 Å². The Hall–Kier alpha value is -1.42. The van der Waals surface area contributed by atoms with Gasteiger partial charge in [0.15, 0.2) is 11.6 Å². The van der Waals surface area contributed by atoms with Crippen LogP contribution in [-0.2, 0) is 9.59 Å². The highest BCUT2D eigenvalue weighted by molar-refractivity contribution is 5.96. The molecule has 0 saturated heterocycles. The van der Waals surface area contributed by atoms with Gasteiger partial charge in [0.05, 0.1) is 5.70 Å². The van der Waals surface area contributed by atoms with Crippen molar-refractivity contribution in [3.8, 4) is 0 Å². The lowest BCUT2D eigenvalue weighted by Crippen LogP contribution is -2.50. The third-order valence-electron chi connectivity index (χ3n) is 1.84. The first-order chi connectivity index (χ1) is 5.96. The molecule has 1 aliphatic heterocycles. The number of nitrogens with one attached hydrogen (secondary N) is 1. The molecule has 1 unspecified atom stereocenters. The summed E-state index contributed by atoms with van der Waals surface area (Å²) in [6, 6.07) is 0. The number of carbonyl (C=O) groups is 2. The number of dihydropyridines is 1. The third kappa shape index (κ3) is 1.84. The van der Waals surface area contributed by atoms with Crippen molar-refractivity contribution in [2.45, 2.75) is 19.6 Å². The number of rotatable bonds is 2. The zero-order valence-electron chi connectivity index (χ0n) is 7.50. The van der Waals surface area contributed by atoms with Gasteiger partial charge in [-0.05, 0) is 19.1 Å². The largest absolute Gasteiger partial charge is 0.361 e. The molecule has 0 aromatic carbocycles. The van der Waals surface area contributed by atoms with Gasteiger partial charge in [-0.1, -0.05) is 6.08 Å². The number of hydrogen-bond acceptors (Lipinski definition) is 4. The van der Waals surface area contributed by atoms with Crippen LogP contribution in [0.1, 0.15) is 13.8 Å². The molecule has 1 atom stereocenters. The van der Waals surface area contributed by atoms with Crippen LogP contribution in [0.4, 0.5) is 0 Å². The fraction of sp³-hybridized carbons (Fsp3) is 0.333. The van der Waals surface area contributed by atoms with Gasteiger partial charge in [-0.25, -0.2) is 0 Å². The van der Waals surface area contributed by atoms with Gasteiger partial charge in [0.2, 0.25) is 5.72 Å². The van der Waals surface area contributed by atoms with E-state index in [2.05, 4.69) is 5.32 Å². The molecule has 70 valence electrons. The molecule has 0 aliphatic carbocycles. The van der Waals surface area contributed by atoms with Crippen LogP contribution in [0.5, 0.6) is 0 Å². The smallest absolute Gasteiger partial charge is 0.215 e. The summed E-state index contributed by atoms with van der Waals surface area (Å²) in [5, 5.41) is 12.1. The Balaban J connectivity index is 2.92. The number of allylic oxidation sites excluding steroid dienone is 3. The van der Waals surface area contributed by atoms with Gasteiger partial charge in [0.1, 0.15) is 0 Å². The Kier molecular flexibility index (Phi) is 2.34. The highest BCUT2D eigenvalue weighted by Gasteiger charge is 2.32. The first kappa shape index (κ1) is 9.67. The molecular weight excluding hydrogens is 170 g/mol. The normalized spacial score (nSPS) is 26.2. The maximum atomic E-state index is 11.0. The lowest BCUT2D eigenvalue weighted by Gasteiger charge is -2.26. The Morgan fingerprint density at radius 2 is 2.08 bits per heavy atom. The molecule has 13 heavy (non-hydrogen) atoms. The Morgan fingerprint density at radius 1 is 1.46 bits per heavy atom. The second-order valence-electron chi connectivity index (χ2n) is 2.94. The van der Waals surface area contributed by atoms with Gasteiger partial charge < -0.3 is 10.4 Å². The van der Waals surface area contributed by atoms with E-state index < -0.39 is 11.5 Å². The highest BCUT2D eigenvalue weighted by Crippen LogP contribution is 2.12. The summed E-state index contributed by atoms with van der Waals surface area (Å²) in [7, 11) is 0. The quantitative estimate of drug-likeness (QED) is 0.624. The molecule has 4 nitrogen and oxygen atoms in total. The number of carbonyl (C=O) groups excluding carboxylic acids is 2. The molecule has 0 saturated carbocycles. The second kappa shape index (κ2) is 3.14. The molecule has 0 bridgehead atoms. The molecule has 0 radical (unpaired) electrons. The third-order valence-corrected chi connectivity index (χ3v) is 1.84. The maximum Gasteiger partial charge on any atom is 0.215 e. The molecule has 0 spiro atoms. The first-order valence-corrected chi connectivity index (χ1v) is 3.88. The summed E-state index contributed by atoms with van der Waals surface area (Å²) in [6.07, 6.45) is 4.30. The molecule has 2 N–H and O–H groups in total. The van der Waals surface area contributed by atoms with Crippen LogP contribution in [0.2, 0.25) is 0 Å².